The van der Waals surface area contributed by atoms with E-state index in [0.29, 0.717) is 5.69 Å². The summed E-state index contributed by atoms with van der Waals surface area (Å²) in [6.07, 6.45) is 1.18. The lowest BCUT2D eigenvalue weighted by molar-refractivity contribution is -0.398. The van der Waals surface area contributed by atoms with Crippen LogP contribution in [0.4, 0.5) is 11.4 Å². The van der Waals surface area contributed by atoms with E-state index in [2.05, 4.69) is 21.2 Å². The number of hydrogen-bond acceptors (Lipinski definition) is 5. The van der Waals surface area contributed by atoms with Crippen molar-refractivity contribution >= 4 is 39.3 Å². The molecule has 0 saturated heterocycles. The van der Waals surface area contributed by atoms with Crippen LogP contribution in [0.5, 0.6) is 5.75 Å². The molecule has 7 nitrogen and oxygen atoms in total. The molecule has 2 rings (SSSR count). The number of anilines is 1. The molecule has 0 heterocycles. The summed E-state index contributed by atoms with van der Waals surface area (Å²) in [5, 5.41) is 34.3. The Bertz CT molecular complexity index is 915. The molecule has 126 valence electrons. The van der Waals surface area contributed by atoms with Gasteiger partial charge < -0.3 is 10.4 Å². The Morgan fingerprint density at radius 2 is 1.96 bits per heavy atom. The van der Waals surface area contributed by atoms with Crippen LogP contribution in [0.3, 0.4) is 0 Å². The van der Waals surface area contributed by atoms with Crippen molar-refractivity contribution in [2.75, 3.05) is 5.32 Å². The molecule has 0 atom stereocenters. The molecule has 2 aromatic carbocycles. The number of nitrogens with zero attached hydrogens (tertiary/aromatic N) is 2. The number of carbonyl (C=O) groups is 1. The number of nitrogens with one attached hydrogen (secondary N) is 1. The summed E-state index contributed by atoms with van der Waals surface area (Å²) in [7, 11) is 0. The van der Waals surface area contributed by atoms with Crippen LogP contribution in [-0.2, 0) is 4.79 Å². The van der Waals surface area contributed by atoms with E-state index in [4.69, 9.17) is 0 Å². The molecule has 0 aliphatic rings. The first-order valence-electron chi connectivity index (χ1n) is 6.96. The fraction of sp³-hybridized carbons (Fsp3) is 0.0588. The first kappa shape index (κ1) is 18.2. The molecule has 0 aliphatic carbocycles. The van der Waals surface area contributed by atoms with Crippen molar-refractivity contribution < 1.29 is 14.8 Å². The van der Waals surface area contributed by atoms with Gasteiger partial charge in [0.2, 0.25) is 0 Å². The van der Waals surface area contributed by atoms with E-state index in [1.165, 1.54) is 12.1 Å². The van der Waals surface area contributed by atoms with Crippen molar-refractivity contribution in [3.8, 4) is 11.8 Å². The molecule has 0 spiro atoms. The number of rotatable bonds is 4. The summed E-state index contributed by atoms with van der Waals surface area (Å²) in [6, 6.07) is 11.1. The van der Waals surface area contributed by atoms with E-state index in [0.717, 1.165) is 11.6 Å². The van der Waals surface area contributed by atoms with Crippen LogP contribution in [0, 0.1) is 28.4 Å². The zero-order valence-corrected chi connectivity index (χ0v) is 14.5. The number of halogens is 1. The highest BCUT2D eigenvalue weighted by Gasteiger charge is 2.14. The molecule has 0 aromatic heterocycles. The zero-order chi connectivity index (χ0) is 18.6. The zero-order valence-electron chi connectivity index (χ0n) is 12.9. The lowest BCUT2D eigenvalue weighted by Gasteiger charge is -2.10. The highest BCUT2D eigenvalue weighted by molar-refractivity contribution is 9.10. The molecule has 1 N–H and O–H groups in total. The van der Waals surface area contributed by atoms with Gasteiger partial charge in [-0.25, -0.2) is 0 Å². The standard InChI is InChI=1S/C17H12BrN3O4/c1-10-2-4-13(5-3-10)20-17(23)12(9-19)6-11-7-14(18)16(22)15(8-11)21(24)25/h2-8,22H,1H3,(H,20,23)/p-1/b12-6+. The van der Waals surface area contributed by atoms with Crippen LogP contribution in [0.15, 0.2) is 46.4 Å². The summed E-state index contributed by atoms with van der Waals surface area (Å²) < 4.78 is -0.0239. The van der Waals surface area contributed by atoms with Gasteiger partial charge in [-0.15, -0.1) is 0 Å². The fourth-order valence-corrected chi connectivity index (χ4v) is 2.44. The van der Waals surface area contributed by atoms with Gasteiger partial charge in [-0.1, -0.05) is 33.6 Å². The van der Waals surface area contributed by atoms with E-state index in [-0.39, 0.29) is 15.6 Å². The third-order valence-corrected chi connectivity index (χ3v) is 3.82. The Labute approximate surface area is 151 Å². The lowest BCUT2D eigenvalue weighted by Crippen LogP contribution is -2.13. The Morgan fingerprint density at radius 1 is 1.32 bits per heavy atom. The van der Waals surface area contributed by atoms with Crippen LogP contribution in [-0.4, -0.2) is 10.8 Å². The van der Waals surface area contributed by atoms with E-state index in [1.807, 2.05) is 6.92 Å². The molecule has 0 aliphatic heterocycles. The Balaban J connectivity index is 2.34. The Morgan fingerprint density at radius 3 is 2.52 bits per heavy atom. The van der Waals surface area contributed by atoms with Gasteiger partial charge in [0, 0.05) is 16.2 Å². The molecule has 25 heavy (non-hydrogen) atoms. The SMILES string of the molecule is Cc1ccc(NC(=O)/C(C#N)=C/c2cc(Br)c([O-])c([N+](=O)[O-])c2)cc1. The number of nitro benzene ring substituents is 1. The van der Waals surface area contributed by atoms with Crippen LogP contribution in [0.1, 0.15) is 11.1 Å². The van der Waals surface area contributed by atoms with Gasteiger partial charge >= 0.3 is 0 Å². The number of amides is 1. The Kier molecular flexibility index (Phi) is 5.52. The second-order valence-corrected chi connectivity index (χ2v) is 5.95. The van der Waals surface area contributed by atoms with Crippen LogP contribution in [0.2, 0.25) is 0 Å². The number of nitro groups is 1. The number of hydrogen-bond donors (Lipinski definition) is 1. The van der Waals surface area contributed by atoms with Crippen molar-refractivity contribution in [1.29, 1.82) is 5.26 Å². The van der Waals surface area contributed by atoms with Gasteiger partial charge in [-0.3, -0.25) is 14.9 Å². The quantitative estimate of drug-likeness (QED) is 0.365. The predicted molar refractivity (Wildman–Crippen MR) is 93.6 cm³/mol. The van der Waals surface area contributed by atoms with Gasteiger partial charge in [0.05, 0.1) is 4.92 Å². The fourth-order valence-electron chi connectivity index (χ4n) is 1.97. The van der Waals surface area contributed by atoms with Crippen molar-refractivity contribution in [3.05, 3.63) is 67.7 Å². The Hall–Kier alpha value is -3.18. The lowest BCUT2D eigenvalue weighted by atomic mass is 10.1. The molecule has 2 aromatic rings. The predicted octanol–water partition coefficient (Wildman–Crippen LogP) is 3.29. The highest BCUT2D eigenvalue weighted by atomic mass is 79.9. The van der Waals surface area contributed by atoms with E-state index in [9.17, 15) is 25.3 Å². The maximum Gasteiger partial charge on any atom is 0.266 e. The summed E-state index contributed by atoms with van der Waals surface area (Å²) in [5.41, 5.74) is 0.828. The van der Waals surface area contributed by atoms with Crippen LogP contribution in [0.25, 0.3) is 6.08 Å². The van der Waals surface area contributed by atoms with Gasteiger partial charge in [-0.05, 0) is 42.5 Å². The summed E-state index contributed by atoms with van der Waals surface area (Å²) in [6.45, 7) is 1.90. The first-order valence-corrected chi connectivity index (χ1v) is 7.76. The van der Waals surface area contributed by atoms with E-state index >= 15 is 0 Å². The minimum atomic E-state index is -0.817. The van der Waals surface area contributed by atoms with Crippen LogP contribution >= 0.6 is 15.9 Å². The normalized spacial score (nSPS) is 10.8. The van der Waals surface area contributed by atoms with Gasteiger partial charge in [-0.2, -0.15) is 5.26 Å². The molecule has 0 bridgehead atoms. The van der Waals surface area contributed by atoms with Crippen molar-refractivity contribution in [1.82, 2.24) is 0 Å². The van der Waals surface area contributed by atoms with E-state index in [1.54, 1.807) is 30.3 Å². The third-order valence-electron chi connectivity index (χ3n) is 3.23. The minimum Gasteiger partial charge on any atom is -0.867 e. The maximum atomic E-state index is 12.2. The molecular weight excluding hydrogens is 390 g/mol. The van der Waals surface area contributed by atoms with Crippen molar-refractivity contribution in [3.63, 3.8) is 0 Å². The summed E-state index contributed by atoms with van der Waals surface area (Å²) in [5.74, 6) is -1.43. The molecule has 0 radical (unpaired) electrons. The van der Waals surface area contributed by atoms with Gasteiger partial charge in [0.15, 0.2) is 0 Å². The maximum absolute atomic E-state index is 12.2. The second kappa shape index (κ2) is 7.59. The van der Waals surface area contributed by atoms with Crippen molar-refractivity contribution in [2.24, 2.45) is 0 Å². The second-order valence-electron chi connectivity index (χ2n) is 5.10. The summed E-state index contributed by atoms with van der Waals surface area (Å²) >= 11 is 2.94. The molecular formula is C17H11BrN3O4-. The number of nitriles is 1. The smallest absolute Gasteiger partial charge is 0.266 e. The monoisotopic (exact) mass is 400 g/mol. The molecule has 0 unspecified atom stereocenters. The number of aryl methyl sites for hydroxylation is 1. The average Bonchev–Trinajstić information content (AvgIpc) is 2.57. The number of benzene rings is 2. The largest absolute Gasteiger partial charge is 0.867 e. The van der Waals surface area contributed by atoms with Gasteiger partial charge in [0.1, 0.15) is 11.6 Å². The van der Waals surface area contributed by atoms with Gasteiger partial charge in [0.25, 0.3) is 11.6 Å². The topological polar surface area (TPSA) is 119 Å². The average molecular weight is 401 g/mol. The van der Waals surface area contributed by atoms with Crippen LogP contribution < -0.4 is 10.4 Å². The molecule has 0 saturated carbocycles. The molecule has 8 heteroatoms. The summed E-state index contributed by atoms with van der Waals surface area (Å²) in [4.78, 5) is 22.3. The van der Waals surface area contributed by atoms with Crippen molar-refractivity contribution in [2.45, 2.75) is 6.92 Å². The molecule has 0 fully saturated rings. The third kappa shape index (κ3) is 4.43. The molecule has 1 amide bonds. The first-order chi connectivity index (χ1) is 11.8. The number of carbonyl (C=O) groups excluding carboxylic acids is 1. The minimum absolute atomic E-state index is 0.0239. The highest BCUT2D eigenvalue weighted by Crippen LogP contribution is 2.33. The van der Waals surface area contributed by atoms with E-state index < -0.39 is 22.3 Å².